The quantitative estimate of drug-likeness (QED) is 0.552. The molecule has 12 heavy (non-hydrogen) atoms. The smallest absolute Gasteiger partial charge is 0.325 e. The molecule has 0 N–H and O–H groups in total. The van der Waals surface area contributed by atoms with Gasteiger partial charge in [0.1, 0.15) is 5.54 Å². The largest absolute Gasteiger partial charge is 0.468 e. The zero-order valence-corrected chi connectivity index (χ0v) is 8.09. The Labute approximate surface area is 73.7 Å². The monoisotopic (exact) mass is 171 g/mol. The predicted octanol–water partition coefficient (Wildman–Crippen LogP) is 1.03. The van der Waals surface area contributed by atoms with Gasteiger partial charge >= 0.3 is 5.97 Å². The molecule has 0 aromatic rings. The highest BCUT2D eigenvalue weighted by Gasteiger charge is 2.39. The highest BCUT2D eigenvalue weighted by molar-refractivity contribution is 5.80. The van der Waals surface area contributed by atoms with Gasteiger partial charge in [0.25, 0.3) is 0 Å². The number of carbonyl (C=O) groups excluding carboxylic acids is 1. The van der Waals surface area contributed by atoms with Crippen LogP contribution in [0.3, 0.4) is 0 Å². The van der Waals surface area contributed by atoms with Gasteiger partial charge in [-0.3, -0.25) is 9.69 Å². The van der Waals surface area contributed by atoms with E-state index in [1.165, 1.54) is 13.5 Å². The average molecular weight is 171 g/mol. The molecule has 1 unspecified atom stereocenters. The van der Waals surface area contributed by atoms with Gasteiger partial charge in [-0.15, -0.1) is 0 Å². The van der Waals surface area contributed by atoms with Crippen molar-refractivity contribution in [2.24, 2.45) is 0 Å². The number of hydrogen-bond donors (Lipinski definition) is 0. The Morgan fingerprint density at radius 3 is 2.67 bits per heavy atom. The first-order valence-electron chi connectivity index (χ1n) is 4.41. The molecule has 1 rings (SSSR count). The summed E-state index contributed by atoms with van der Waals surface area (Å²) >= 11 is 0. The second-order valence-electron chi connectivity index (χ2n) is 3.64. The SMILES string of the molecule is COC(=O)C1(C)CCCCN1C. The first kappa shape index (κ1) is 9.52. The summed E-state index contributed by atoms with van der Waals surface area (Å²) < 4.78 is 4.78. The third kappa shape index (κ3) is 1.46. The number of hydrogen-bond acceptors (Lipinski definition) is 3. The summed E-state index contributed by atoms with van der Waals surface area (Å²) in [7, 11) is 3.44. The molecule has 0 amide bonds. The van der Waals surface area contributed by atoms with Gasteiger partial charge in [0.05, 0.1) is 7.11 Å². The van der Waals surface area contributed by atoms with Gasteiger partial charge in [-0.1, -0.05) is 0 Å². The normalized spacial score (nSPS) is 31.6. The molecule has 70 valence electrons. The highest BCUT2D eigenvalue weighted by Crippen LogP contribution is 2.27. The number of nitrogens with zero attached hydrogens (tertiary/aromatic N) is 1. The van der Waals surface area contributed by atoms with Gasteiger partial charge in [-0.05, 0) is 39.8 Å². The van der Waals surface area contributed by atoms with Crippen molar-refractivity contribution in [2.75, 3.05) is 20.7 Å². The molecule has 1 fully saturated rings. The van der Waals surface area contributed by atoms with Crippen LogP contribution in [0.1, 0.15) is 26.2 Å². The van der Waals surface area contributed by atoms with Crippen LogP contribution in [0.25, 0.3) is 0 Å². The van der Waals surface area contributed by atoms with E-state index in [4.69, 9.17) is 4.74 Å². The van der Waals surface area contributed by atoms with Crippen molar-refractivity contribution in [1.82, 2.24) is 4.90 Å². The van der Waals surface area contributed by atoms with Crippen LogP contribution < -0.4 is 0 Å². The maximum atomic E-state index is 11.4. The van der Waals surface area contributed by atoms with Crippen LogP contribution in [0, 0.1) is 0 Å². The Kier molecular flexibility index (Phi) is 2.73. The van der Waals surface area contributed by atoms with E-state index >= 15 is 0 Å². The third-order valence-corrected chi connectivity index (χ3v) is 2.87. The fourth-order valence-electron chi connectivity index (χ4n) is 1.73. The van der Waals surface area contributed by atoms with E-state index in [2.05, 4.69) is 4.90 Å². The van der Waals surface area contributed by atoms with Crippen molar-refractivity contribution in [1.29, 1.82) is 0 Å². The van der Waals surface area contributed by atoms with E-state index in [0.717, 1.165) is 19.4 Å². The number of likely N-dealkylation sites (tertiary alicyclic amines) is 1. The van der Waals surface area contributed by atoms with Crippen LogP contribution >= 0.6 is 0 Å². The summed E-state index contributed by atoms with van der Waals surface area (Å²) in [5, 5.41) is 0. The van der Waals surface area contributed by atoms with Gasteiger partial charge in [-0.25, -0.2) is 0 Å². The predicted molar refractivity (Wildman–Crippen MR) is 46.9 cm³/mol. The Bertz CT molecular complexity index is 181. The molecule has 0 bridgehead atoms. The van der Waals surface area contributed by atoms with Crippen LogP contribution in [0.5, 0.6) is 0 Å². The summed E-state index contributed by atoms with van der Waals surface area (Å²) in [6, 6.07) is 0. The summed E-state index contributed by atoms with van der Waals surface area (Å²) in [4.78, 5) is 13.5. The molecular formula is C9H17NO2. The summed E-state index contributed by atoms with van der Waals surface area (Å²) in [6.07, 6.45) is 3.22. The van der Waals surface area contributed by atoms with Crippen LogP contribution in [-0.2, 0) is 9.53 Å². The van der Waals surface area contributed by atoms with Crippen LogP contribution in [-0.4, -0.2) is 37.1 Å². The van der Waals surface area contributed by atoms with E-state index in [1.54, 1.807) is 0 Å². The highest BCUT2D eigenvalue weighted by atomic mass is 16.5. The lowest BCUT2D eigenvalue weighted by Crippen LogP contribution is -2.53. The van der Waals surface area contributed by atoms with E-state index < -0.39 is 0 Å². The Hall–Kier alpha value is -0.570. The number of carbonyl (C=O) groups is 1. The molecule has 0 spiro atoms. The minimum Gasteiger partial charge on any atom is -0.468 e. The first-order valence-corrected chi connectivity index (χ1v) is 4.41. The van der Waals surface area contributed by atoms with Crippen molar-refractivity contribution >= 4 is 5.97 Å². The molecule has 1 aliphatic heterocycles. The van der Waals surface area contributed by atoms with Gasteiger partial charge < -0.3 is 4.74 Å². The summed E-state index contributed by atoms with van der Waals surface area (Å²) in [5.74, 6) is -0.107. The van der Waals surface area contributed by atoms with Gasteiger partial charge in [0, 0.05) is 0 Å². The lowest BCUT2D eigenvalue weighted by atomic mass is 9.89. The molecule has 0 aromatic carbocycles. The Morgan fingerprint density at radius 2 is 2.17 bits per heavy atom. The minimum absolute atomic E-state index is 0.107. The van der Waals surface area contributed by atoms with E-state index in [9.17, 15) is 4.79 Å². The number of rotatable bonds is 1. The van der Waals surface area contributed by atoms with Crippen molar-refractivity contribution in [3.05, 3.63) is 0 Å². The van der Waals surface area contributed by atoms with Gasteiger partial charge in [0.2, 0.25) is 0 Å². The zero-order chi connectivity index (χ0) is 9.19. The molecule has 1 saturated heterocycles. The van der Waals surface area contributed by atoms with E-state index in [0.29, 0.717) is 0 Å². The molecule has 3 heteroatoms. The van der Waals surface area contributed by atoms with Crippen LogP contribution in [0.2, 0.25) is 0 Å². The molecular weight excluding hydrogens is 154 g/mol. The van der Waals surface area contributed by atoms with Crippen molar-refractivity contribution in [3.63, 3.8) is 0 Å². The molecule has 1 atom stereocenters. The lowest BCUT2D eigenvalue weighted by Gasteiger charge is -2.39. The fourth-order valence-corrected chi connectivity index (χ4v) is 1.73. The summed E-state index contributed by atoms with van der Waals surface area (Å²) in [6.45, 7) is 2.95. The third-order valence-electron chi connectivity index (χ3n) is 2.87. The first-order chi connectivity index (χ1) is 5.61. The van der Waals surface area contributed by atoms with E-state index in [1.807, 2.05) is 14.0 Å². The molecule has 1 heterocycles. The molecule has 0 radical (unpaired) electrons. The van der Waals surface area contributed by atoms with Crippen molar-refractivity contribution < 1.29 is 9.53 Å². The van der Waals surface area contributed by atoms with E-state index in [-0.39, 0.29) is 11.5 Å². The fraction of sp³-hybridized carbons (Fsp3) is 0.889. The van der Waals surface area contributed by atoms with Gasteiger partial charge in [-0.2, -0.15) is 0 Å². The van der Waals surface area contributed by atoms with Crippen molar-refractivity contribution in [2.45, 2.75) is 31.7 Å². The molecule has 1 aliphatic rings. The average Bonchev–Trinajstić information content (AvgIpc) is 2.09. The maximum absolute atomic E-state index is 11.4. The number of likely N-dealkylation sites (N-methyl/N-ethyl adjacent to an activating group) is 1. The second-order valence-corrected chi connectivity index (χ2v) is 3.64. The van der Waals surface area contributed by atoms with Crippen LogP contribution in [0.15, 0.2) is 0 Å². The topological polar surface area (TPSA) is 29.5 Å². The second kappa shape index (κ2) is 3.44. The molecule has 0 aliphatic carbocycles. The zero-order valence-electron chi connectivity index (χ0n) is 8.09. The van der Waals surface area contributed by atoms with Crippen molar-refractivity contribution in [3.8, 4) is 0 Å². The molecule has 3 nitrogen and oxygen atoms in total. The maximum Gasteiger partial charge on any atom is 0.325 e. The summed E-state index contributed by atoms with van der Waals surface area (Å²) in [5.41, 5.74) is -0.382. The number of esters is 1. The number of ether oxygens (including phenoxy) is 1. The Morgan fingerprint density at radius 1 is 1.50 bits per heavy atom. The molecule has 0 aromatic heterocycles. The Balaban J connectivity index is 2.72. The number of methoxy groups -OCH3 is 1. The molecule has 0 saturated carbocycles. The van der Waals surface area contributed by atoms with Crippen LogP contribution in [0.4, 0.5) is 0 Å². The minimum atomic E-state index is -0.382. The standard InChI is InChI=1S/C9H17NO2/c1-9(8(11)12-3)6-4-5-7-10(9)2/h4-7H2,1-3H3. The number of piperidine rings is 1. The van der Waals surface area contributed by atoms with Gasteiger partial charge in [0.15, 0.2) is 0 Å². The lowest BCUT2D eigenvalue weighted by molar-refractivity contribution is -0.155.